The van der Waals surface area contributed by atoms with E-state index in [0.717, 1.165) is 37.2 Å². The molecule has 0 bridgehead atoms. The van der Waals surface area contributed by atoms with Gasteiger partial charge in [0.05, 0.1) is 12.1 Å². The molecule has 168 valence electrons. The molecule has 0 spiro atoms. The SMILES string of the molecule is N#C/C=C\CN1CCCC(n2nc(-c3ccc(Oc4ccccc4)cc3)c(C(N)=O)c2N)C1. The highest BCUT2D eigenvalue weighted by Crippen LogP contribution is 2.33. The zero-order chi connectivity index (χ0) is 23.2. The molecule has 2 aromatic carbocycles. The zero-order valence-corrected chi connectivity index (χ0v) is 18.2. The summed E-state index contributed by atoms with van der Waals surface area (Å²) >= 11 is 0. The Labute approximate surface area is 192 Å². The number of carbonyl (C=O) groups excluding carboxylic acids is 1. The fraction of sp³-hybridized carbons (Fsp3) is 0.240. The van der Waals surface area contributed by atoms with Crippen LogP contribution in [0.4, 0.5) is 5.82 Å². The van der Waals surface area contributed by atoms with Gasteiger partial charge in [0.1, 0.15) is 28.6 Å². The zero-order valence-electron chi connectivity index (χ0n) is 18.2. The number of piperidine rings is 1. The summed E-state index contributed by atoms with van der Waals surface area (Å²) in [7, 11) is 0. The summed E-state index contributed by atoms with van der Waals surface area (Å²) < 4.78 is 7.58. The molecule has 33 heavy (non-hydrogen) atoms. The lowest BCUT2D eigenvalue weighted by Gasteiger charge is -2.32. The van der Waals surface area contributed by atoms with Crippen molar-refractivity contribution < 1.29 is 9.53 Å². The number of allylic oxidation sites excluding steroid dienone is 1. The molecule has 1 aromatic heterocycles. The second kappa shape index (κ2) is 10.0. The van der Waals surface area contributed by atoms with Gasteiger partial charge in [0.2, 0.25) is 0 Å². The summed E-state index contributed by atoms with van der Waals surface area (Å²) in [5.41, 5.74) is 13.5. The van der Waals surface area contributed by atoms with Crippen molar-refractivity contribution >= 4 is 11.7 Å². The predicted octanol–water partition coefficient (Wildman–Crippen LogP) is 3.74. The molecule has 8 nitrogen and oxygen atoms in total. The second-order valence-corrected chi connectivity index (χ2v) is 7.94. The van der Waals surface area contributed by atoms with E-state index >= 15 is 0 Å². The summed E-state index contributed by atoms with van der Waals surface area (Å²) in [5.74, 6) is 1.08. The van der Waals surface area contributed by atoms with Crippen LogP contribution in [0.3, 0.4) is 0 Å². The highest BCUT2D eigenvalue weighted by molar-refractivity contribution is 6.03. The largest absolute Gasteiger partial charge is 0.457 e. The number of nitrogens with zero attached hydrogens (tertiary/aromatic N) is 4. The number of nitriles is 1. The van der Waals surface area contributed by atoms with Crippen LogP contribution in [0.25, 0.3) is 11.3 Å². The van der Waals surface area contributed by atoms with E-state index in [0.29, 0.717) is 18.0 Å². The van der Waals surface area contributed by atoms with Crippen LogP contribution in [0, 0.1) is 11.3 Å². The highest BCUT2D eigenvalue weighted by atomic mass is 16.5. The molecule has 1 atom stereocenters. The van der Waals surface area contributed by atoms with Crippen molar-refractivity contribution in [1.29, 1.82) is 5.26 Å². The van der Waals surface area contributed by atoms with E-state index in [9.17, 15) is 4.79 Å². The molecule has 1 aliphatic heterocycles. The van der Waals surface area contributed by atoms with Gasteiger partial charge in [-0.05, 0) is 55.8 Å². The molecule has 1 fully saturated rings. The van der Waals surface area contributed by atoms with Crippen molar-refractivity contribution in [2.75, 3.05) is 25.4 Å². The minimum Gasteiger partial charge on any atom is -0.457 e. The van der Waals surface area contributed by atoms with Crippen molar-refractivity contribution in [3.05, 3.63) is 72.3 Å². The topological polar surface area (TPSA) is 123 Å². The van der Waals surface area contributed by atoms with Gasteiger partial charge in [-0.25, -0.2) is 4.68 Å². The summed E-state index contributed by atoms with van der Waals surface area (Å²) in [4.78, 5) is 14.5. The second-order valence-electron chi connectivity index (χ2n) is 7.94. The van der Waals surface area contributed by atoms with E-state index in [2.05, 4.69) is 4.90 Å². The maximum absolute atomic E-state index is 12.3. The van der Waals surface area contributed by atoms with E-state index in [1.54, 1.807) is 4.68 Å². The molecule has 0 saturated carbocycles. The van der Waals surface area contributed by atoms with Crippen molar-refractivity contribution in [2.24, 2.45) is 5.73 Å². The van der Waals surface area contributed by atoms with E-state index in [1.807, 2.05) is 66.7 Å². The first-order chi connectivity index (χ1) is 16.1. The number of hydrogen-bond donors (Lipinski definition) is 2. The van der Waals surface area contributed by atoms with Crippen LogP contribution in [0.2, 0.25) is 0 Å². The Kier molecular flexibility index (Phi) is 6.72. The molecule has 0 aliphatic carbocycles. The number of rotatable bonds is 7. The van der Waals surface area contributed by atoms with Gasteiger partial charge in [0.25, 0.3) is 5.91 Å². The molecular weight excluding hydrogens is 416 g/mol. The Morgan fingerprint density at radius 2 is 1.91 bits per heavy atom. The fourth-order valence-corrected chi connectivity index (χ4v) is 4.13. The number of likely N-dealkylation sites (tertiary alicyclic amines) is 1. The first-order valence-electron chi connectivity index (χ1n) is 10.8. The number of primary amides is 1. The van der Waals surface area contributed by atoms with Crippen LogP contribution < -0.4 is 16.2 Å². The maximum atomic E-state index is 12.3. The Bertz CT molecular complexity index is 1180. The molecule has 8 heteroatoms. The van der Waals surface area contributed by atoms with Crippen molar-refractivity contribution in [2.45, 2.75) is 18.9 Å². The van der Waals surface area contributed by atoms with Crippen LogP contribution in [-0.2, 0) is 0 Å². The minimum absolute atomic E-state index is 0.0155. The smallest absolute Gasteiger partial charge is 0.254 e. The highest BCUT2D eigenvalue weighted by Gasteiger charge is 2.28. The predicted molar refractivity (Wildman–Crippen MR) is 127 cm³/mol. The third-order valence-electron chi connectivity index (χ3n) is 5.68. The average Bonchev–Trinajstić information content (AvgIpc) is 3.18. The third kappa shape index (κ3) is 5.05. The number of nitrogen functional groups attached to an aromatic ring is 1. The summed E-state index contributed by atoms with van der Waals surface area (Å²) in [6.07, 6.45) is 5.19. The quantitative estimate of drug-likeness (QED) is 0.537. The first-order valence-corrected chi connectivity index (χ1v) is 10.8. The normalized spacial score (nSPS) is 16.5. The molecule has 4 rings (SSSR count). The van der Waals surface area contributed by atoms with Crippen LogP contribution >= 0.6 is 0 Å². The van der Waals surface area contributed by atoms with E-state index in [1.165, 1.54) is 6.08 Å². The molecule has 2 heterocycles. The monoisotopic (exact) mass is 442 g/mol. The molecule has 1 aliphatic rings. The van der Waals surface area contributed by atoms with E-state index < -0.39 is 5.91 Å². The number of nitrogens with two attached hydrogens (primary N) is 2. The van der Waals surface area contributed by atoms with Crippen molar-refractivity contribution in [3.8, 4) is 28.8 Å². The number of aromatic nitrogens is 2. The van der Waals surface area contributed by atoms with Crippen molar-refractivity contribution in [1.82, 2.24) is 14.7 Å². The van der Waals surface area contributed by atoms with Gasteiger partial charge >= 0.3 is 0 Å². The number of hydrogen-bond acceptors (Lipinski definition) is 6. The Hall–Kier alpha value is -4.09. The van der Waals surface area contributed by atoms with Gasteiger partial charge in [-0.2, -0.15) is 10.4 Å². The van der Waals surface area contributed by atoms with Crippen LogP contribution in [0.5, 0.6) is 11.5 Å². The molecule has 1 unspecified atom stereocenters. The number of carbonyl (C=O) groups is 1. The fourth-order valence-electron chi connectivity index (χ4n) is 4.13. The third-order valence-corrected chi connectivity index (χ3v) is 5.68. The number of benzene rings is 2. The van der Waals surface area contributed by atoms with Gasteiger partial charge in [-0.15, -0.1) is 0 Å². The summed E-state index contributed by atoms with van der Waals surface area (Å²) in [6.45, 7) is 2.35. The Morgan fingerprint density at radius 3 is 2.61 bits per heavy atom. The van der Waals surface area contributed by atoms with Crippen LogP contribution in [0.15, 0.2) is 66.7 Å². The van der Waals surface area contributed by atoms with Crippen molar-refractivity contribution in [3.63, 3.8) is 0 Å². The van der Waals surface area contributed by atoms with Crippen LogP contribution in [-0.4, -0.2) is 40.2 Å². The number of ether oxygens (including phenoxy) is 1. The standard InChI is InChI=1S/C25H26N6O2/c26-14-4-5-15-30-16-6-7-19(17-30)31-24(27)22(25(28)32)23(29-31)18-10-12-21(13-11-18)33-20-8-2-1-3-9-20/h1-5,8-13,19H,6-7,15-17,27H2,(H2,28,32)/b5-4-. The maximum Gasteiger partial charge on any atom is 0.254 e. The molecule has 4 N–H and O–H groups in total. The number of anilines is 1. The average molecular weight is 443 g/mol. The van der Waals surface area contributed by atoms with Gasteiger partial charge in [-0.1, -0.05) is 24.3 Å². The van der Waals surface area contributed by atoms with Gasteiger partial charge in [-0.3, -0.25) is 9.69 Å². The molecule has 1 saturated heterocycles. The number of amides is 1. The van der Waals surface area contributed by atoms with Gasteiger partial charge in [0, 0.05) is 24.7 Å². The Morgan fingerprint density at radius 1 is 1.18 bits per heavy atom. The van der Waals surface area contributed by atoms with E-state index in [4.69, 9.17) is 26.6 Å². The van der Waals surface area contributed by atoms with Gasteiger partial charge < -0.3 is 16.2 Å². The summed E-state index contributed by atoms with van der Waals surface area (Å²) in [6, 6.07) is 18.9. The van der Waals surface area contributed by atoms with Crippen LogP contribution in [0.1, 0.15) is 29.2 Å². The number of para-hydroxylation sites is 1. The minimum atomic E-state index is -0.608. The molecule has 3 aromatic rings. The lowest BCUT2D eigenvalue weighted by Crippen LogP contribution is -2.37. The lowest BCUT2D eigenvalue weighted by atomic mass is 10.1. The molecule has 0 radical (unpaired) electrons. The molecule has 1 amide bonds. The lowest BCUT2D eigenvalue weighted by molar-refractivity contribution is 0.100. The molecular formula is C25H26N6O2. The Balaban J connectivity index is 1.59. The first kappa shape index (κ1) is 22.1. The van der Waals surface area contributed by atoms with E-state index in [-0.39, 0.29) is 17.4 Å². The summed E-state index contributed by atoms with van der Waals surface area (Å²) in [5, 5.41) is 13.4. The van der Waals surface area contributed by atoms with Gasteiger partial charge in [0.15, 0.2) is 0 Å².